The first-order chi connectivity index (χ1) is 13.4. The molecule has 2 aromatic heterocycles. The summed E-state index contributed by atoms with van der Waals surface area (Å²) >= 11 is 1.54. The zero-order valence-corrected chi connectivity index (χ0v) is 18.1. The van der Waals surface area contributed by atoms with E-state index in [-0.39, 0.29) is 0 Å². The van der Waals surface area contributed by atoms with Crippen LogP contribution in [0.1, 0.15) is 25.5 Å². The number of rotatable bonds is 4. The van der Waals surface area contributed by atoms with Gasteiger partial charge in [-0.1, -0.05) is 37.3 Å². The van der Waals surface area contributed by atoms with E-state index in [1.165, 1.54) is 11.3 Å². The van der Waals surface area contributed by atoms with E-state index in [0.29, 0.717) is 23.9 Å². The second-order valence-corrected chi connectivity index (χ2v) is 10.3. The normalized spacial score (nSPS) is 16.5. The van der Waals surface area contributed by atoms with Crippen LogP contribution in [0.25, 0.3) is 22.0 Å². The van der Waals surface area contributed by atoms with E-state index in [2.05, 4.69) is 6.92 Å². The van der Waals surface area contributed by atoms with Gasteiger partial charge in [0.1, 0.15) is 9.90 Å². The van der Waals surface area contributed by atoms with Gasteiger partial charge in [-0.3, -0.25) is 0 Å². The summed E-state index contributed by atoms with van der Waals surface area (Å²) in [6, 6.07) is 11.8. The van der Waals surface area contributed by atoms with Crippen LogP contribution in [0.5, 0.6) is 0 Å². The summed E-state index contributed by atoms with van der Waals surface area (Å²) in [5, 5.41) is 2.85. The molecule has 0 N–H and O–H groups in total. The van der Waals surface area contributed by atoms with Gasteiger partial charge in [0.2, 0.25) is 10.0 Å². The van der Waals surface area contributed by atoms with Crippen LogP contribution in [0.4, 0.5) is 0 Å². The quantitative estimate of drug-likeness (QED) is 0.628. The van der Waals surface area contributed by atoms with Crippen LogP contribution < -0.4 is 0 Å². The average molecular weight is 416 g/mol. The topological polar surface area (TPSA) is 55.2 Å². The van der Waals surface area contributed by atoms with Crippen molar-refractivity contribution in [1.82, 2.24) is 13.9 Å². The molecule has 4 rings (SSSR count). The maximum atomic E-state index is 13.2. The van der Waals surface area contributed by atoms with E-state index in [9.17, 15) is 8.42 Å². The monoisotopic (exact) mass is 415 g/mol. The number of piperidine rings is 1. The van der Waals surface area contributed by atoms with E-state index < -0.39 is 10.0 Å². The highest BCUT2D eigenvalue weighted by molar-refractivity contribution is 7.89. The van der Waals surface area contributed by atoms with E-state index in [0.717, 1.165) is 40.5 Å². The first-order valence-corrected chi connectivity index (χ1v) is 11.9. The third-order valence-corrected chi connectivity index (χ3v) is 8.52. The van der Waals surface area contributed by atoms with Crippen LogP contribution in [0.15, 0.2) is 46.7 Å². The number of hydrogen-bond acceptors (Lipinski definition) is 4. The molecule has 1 aliphatic rings. The minimum atomic E-state index is -3.48. The van der Waals surface area contributed by atoms with Crippen molar-refractivity contribution in [2.75, 3.05) is 13.1 Å². The molecule has 0 aliphatic carbocycles. The highest BCUT2D eigenvalue weighted by Gasteiger charge is 2.31. The maximum Gasteiger partial charge on any atom is 0.244 e. The molecule has 1 saturated heterocycles. The Morgan fingerprint density at radius 2 is 1.82 bits per heavy atom. The molecule has 3 aromatic rings. The van der Waals surface area contributed by atoms with Crippen LogP contribution in [-0.2, 0) is 17.1 Å². The first kappa shape index (κ1) is 19.4. The molecule has 1 aromatic carbocycles. The Kier molecular flexibility index (Phi) is 5.16. The van der Waals surface area contributed by atoms with Gasteiger partial charge < -0.3 is 4.57 Å². The minimum Gasteiger partial charge on any atom is -0.345 e. The number of nitrogens with zero attached hydrogens (tertiary/aromatic N) is 3. The van der Waals surface area contributed by atoms with E-state index >= 15 is 0 Å². The third-order valence-electron chi connectivity index (χ3n) is 5.64. The molecule has 0 spiro atoms. The van der Waals surface area contributed by atoms with Crippen molar-refractivity contribution in [3.8, 4) is 22.0 Å². The smallest absolute Gasteiger partial charge is 0.244 e. The summed E-state index contributed by atoms with van der Waals surface area (Å²) in [5.74, 6) is 0.589. The van der Waals surface area contributed by atoms with Gasteiger partial charge in [0.15, 0.2) is 0 Å². The molecule has 28 heavy (non-hydrogen) atoms. The maximum absolute atomic E-state index is 13.2. The predicted molar refractivity (Wildman–Crippen MR) is 114 cm³/mol. The molecule has 1 fully saturated rings. The summed E-state index contributed by atoms with van der Waals surface area (Å²) in [5.41, 5.74) is 3.57. The Bertz CT molecular complexity index is 1080. The number of hydrogen-bond donors (Lipinski definition) is 0. The molecule has 7 heteroatoms. The van der Waals surface area contributed by atoms with E-state index in [4.69, 9.17) is 4.98 Å². The van der Waals surface area contributed by atoms with E-state index in [1.54, 1.807) is 10.4 Å². The van der Waals surface area contributed by atoms with Gasteiger partial charge in [-0.05, 0) is 31.7 Å². The van der Waals surface area contributed by atoms with Crippen LogP contribution in [0, 0.1) is 12.8 Å². The molecule has 0 atom stereocenters. The molecular formula is C21H25N3O2S2. The Morgan fingerprint density at radius 1 is 1.14 bits per heavy atom. The molecule has 0 unspecified atom stereocenters. The molecule has 3 heterocycles. The molecular weight excluding hydrogens is 390 g/mol. The average Bonchev–Trinajstić information content (AvgIpc) is 3.29. The van der Waals surface area contributed by atoms with E-state index in [1.807, 2.05) is 54.3 Å². The SMILES string of the molecule is Cc1c(S(=O)(=O)N2CCC(C)CC2)cc(-c2nc(-c3ccccc3)cs2)n1C. The standard InChI is InChI=1S/C21H25N3O2S2/c1-15-9-11-24(12-10-15)28(25,26)20-13-19(23(3)16(20)2)21-22-18(14-27-21)17-7-5-4-6-8-17/h4-8,13-15H,9-12H2,1-3H3. The number of aromatic nitrogens is 2. The molecule has 0 radical (unpaired) electrons. The minimum absolute atomic E-state index is 0.399. The number of benzene rings is 1. The highest BCUT2D eigenvalue weighted by Crippen LogP contribution is 2.34. The summed E-state index contributed by atoms with van der Waals surface area (Å²) in [4.78, 5) is 5.16. The lowest BCUT2D eigenvalue weighted by Gasteiger charge is -2.29. The fourth-order valence-electron chi connectivity index (χ4n) is 3.63. The lowest BCUT2D eigenvalue weighted by molar-refractivity contribution is 0.288. The summed E-state index contributed by atoms with van der Waals surface area (Å²) in [6.45, 7) is 5.25. The molecule has 148 valence electrons. The zero-order valence-electron chi connectivity index (χ0n) is 16.4. The van der Waals surface area contributed by atoms with Crippen molar-refractivity contribution in [2.45, 2.75) is 31.6 Å². The summed E-state index contributed by atoms with van der Waals surface area (Å²) in [6.07, 6.45) is 1.84. The fraction of sp³-hybridized carbons (Fsp3) is 0.381. The van der Waals surface area contributed by atoms with Crippen molar-refractivity contribution in [1.29, 1.82) is 0 Å². The van der Waals surface area contributed by atoms with Crippen molar-refractivity contribution in [3.63, 3.8) is 0 Å². The molecule has 0 amide bonds. The second kappa shape index (κ2) is 7.46. The largest absolute Gasteiger partial charge is 0.345 e. The molecule has 5 nitrogen and oxygen atoms in total. The van der Waals surface area contributed by atoms with Crippen LogP contribution in [-0.4, -0.2) is 35.4 Å². The van der Waals surface area contributed by atoms with Crippen LogP contribution in [0.2, 0.25) is 0 Å². The number of sulfonamides is 1. The van der Waals surface area contributed by atoms with Crippen LogP contribution >= 0.6 is 11.3 Å². The Morgan fingerprint density at radius 3 is 2.50 bits per heavy atom. The molecule has 0 bridgehead atoms. The van der Waals surface area contributed by atoms with Gasteiger partial charge in [0, 0.05) is 36.8 Å². The van der Waals surface area contributed by atoms with Gasteiger partial charge >= 0.3 is 0 Å². The second-order valence-electron chi connectivity index (χ2n) is 7.53. The van der Waals surface area contributed by atoms with Crippen molar-refractivity contribution >= 4 is 21.4 Å². The molecule has 1 aliphatic heterocycles. The lowest BCUT2D eigenvalue weighted by Crippen LogP contribution is -2.38. The van der Waals surface area contributed by atoms with Crippen molar-refractivity contribution in [2.24, 2.45) is 13.0 Å². The predicted octanol–water partition coefficient (Wildman–Crippen LogP) is 4.54. The first-order valence-electron chi connectivity index (χ1n) is 9.55. The van der Waals surface area contributed by atoms with Gasteiger partial charge in [-0.15, -0.1) is 11.3 Å². The Balaban J connectivity index is 1.69. The van der Waals surface area contributed by atoms with Crippen molar-refractivity contribution in [3.05, 3.63) is 47.5 Å². The van der Waals surface area contributed by atoms with Crippen LogP contribution in [0.3, 0.4) is 0 Å². The van der Waals surface area contributed by atoms with Gasteiger partial charge in [-0.2, -0.15) is 4.31 Å². The van der Waals surface area contributed by atoms with Gasteiger partial charge in [0.05, 0.1) is 11.4 Å². The summed E-state index contributed by atoms with van der Waals surface area (Å²) < 4.78 is 30.0. The van der Waals surface area contributed by atoms with Crippen molar-refractivity contribution < 1.29 is 8.42 Å². The Hall–Kier alpha value is -1.96. The molecule has 0 saturated carbocycles. The number of thiazole rings is 1. The highest BCUT2D eigenvalue weighted by atomic mass is 32.2. The summed E-state index contributed by atoms with van der Waals surface area (Å²) in [7, 11) is -1.57. The third kappa shape index (κ3) is 3.43. The zero-order chi connectivity index (χ0) is 19.9. The Labute approximate surface area is 170 Å². The van der Waals surface area contributed by atoms with Gasteiger partial charge in [-0.25, -0.2) is 13.4 Å². The fourth-order valence-corrected chi connectivity index (χ4v) is 6.26. The van der Waals surface area contributed by atoms with Gasteiger partial charge in [0.25, 0.3) is 0 Å². The lowest BCUT2D eigenvalue weighted by atomic mass is 10.0.